The summed E-state index contributed by atoms with van der Waals surface area (Å²) in [5, 5.41) is 0. The zero-order valence-electron chi connectivity index (χ0n) is 5.68. The summed E-state index contributed by atoms with van der Waals surface area (Å²) in [5.74, 6) is 0. The van der Waals surface area contributed by atoms with Crippen LogP contribution in [0.4, 0.5) is 0 Å². The second kappa shape index (κ2) is 3.71. The molecule has 0 fully saturated rings. The lowest BCUT2D eigenvalue weighted by molar-refractivity contribution is 0.934. The summed E-state index contributed by atoms with van der Waals surface area (Å²) in [6.45, 7) is 3.76. The van der Waals surface area contributed by atoms with Gasteiger partial charge in [0.15, 0.2) is 0 Å². The van der Waals surface area contributed by atoms with Crippen molar-refractivity contribution < 1.29 is 0 Å². The smallest absolute Gasteiger partial charge is 0.106 e. The van der Waals surface area contributed by atoms with Gasteiger partial charge in [-0.2, -0.15) is 0 Å². The van der Waals surface area contributed by atoms with E-state index in [4.69, 9.17) is 0 Å². The first kappa shape index (κ1) is 7.73. The molecular weight excluding hydrogens is 190 g/mol. The van der Waals surface area contributed by atoms with Crippen LogP contribution in [-0.4, -0.2) is 4.98 Å². The largest absolute Gasteiger partial charge is 0.246 e. The Morgan fingerprint density at radius 2 is 2.30 bits per heavy atom. The minimum absolute atomic E-state index is 0.901. The van der Waals surface area contributed by atoms with Gasteiger partial charge in [-0.1, -0.05) is 13.0 Å². The maximum absolute atomic E-state index is 4.24. The van der Waals surface area contributed by atoms with Crippen molar-refractivity contribution in [3.05, 3.63) is 35.4 Å². The molecule has 1 nitrogen and oxygen atoms in total. The summed E-state index contributed by atoms with van der Waals surface area (Å²) in [5.41, 5.74) is 1.10. The third-order valence-electron chi connectivity index (χ3n) is 1.21. The summed E-state index contributed by atoms with van der Waals surface area (Å²) in [7, 11) is 0. The van der Waals surface area contributed by atoms with Crippen LogP contribution in [0.2, 0.25) is 0 Å². The Kier molecular flexibility index (Phi) is 2.87. The predicted molar refractivity (Wildman–Crippen MR) is 45.6 cm³/mol. The van der Waals surface area contributed by atoms with E-state index in [0.717, 1.165) is 23.1 Å². The van der Waals surface area contributed by atoms with E-state index in [9.17, 15) is 0 Å². The highest BCUT2D eigenvalue weighted by Crippen LogP contribution is 2.07. The molecule has 1 aromatic rings. The average Bonchev–Trinajstić information content (AvgIpc) is 1.88. The van der Waals surface area contributed by atoms with E-state index in [2.05, 4.69) is 27.8 Å². The molecule has 1 heterocycles. The average molecular weight is 199 g/mol. The third-order valence-corrected chi connectivity index (χ3v) is 1.65. The molecule has 0 aliphatic heterocycles. The van der Waals surface area contributed by atoms with Gasteiger partial charge in [-0.3, -0.25) is 0 Å². The number of nitrogens with zero attached hydrogens (tertiary/aromatic N) is 1. The third kappa shape index (κ3) is 2.10. The van der Waals surface area contributed by atoms with Gasteiger partial charge in [-0.05, 0) is 40.9 Å². The van der Waals surface area contributed by atoms with Gasteiger partial charge in [0, 0.05) is 5.69 Å². The Morgan fingerprint density at radius 1 is 1.50 bits per heavy atom. The number of hydrogen-bond acceptors (Lipinski definition) is 1. The van der Waals surface area contributed by atoms with Gasteiger partial charge in [0.25, 0.3) is 0 Å². The van der Waals surface area contributed by atoms with Crippen LogP contribution in [0.25, 0.3) is 0 Å². The molecular formula is C8H9BrN. The van der Waals surface area contributed by atoms with Crippen molar-refractivity contribution >= 4 is 15.9 Å². The topological polar surface area (TPSA) is 12.9 Å². The molecule has 2 heteroatoms. The van der Waals surface area contributed by atoms with Crippen molar-refractivity contribution in [2.75, 3.05) is 0 Å². The minimum atomic E-state index is 0.901. The number of hydrogen-bond donors (Lipinski definition) is 0. The monoisotopic (exact) mass is 198 g/mol. The quantitative estimate of drug-likeness (QED) is 0.667. The van der Waals surface area contributed by atoms with Crippen LogP contribution in [0.5, 0.6) is 0 Å². The lowest BCUT2D eigenvalue weighted by Crippen LogP contribution is -1.87. The van der Waals surface area contributed by atoms with E-state index >= 15 is 0 Å². The highest BCUT2D eigenvalue weighted by atomic mass is 79.9. The van der Waals surface area contributed by atoms with Crippen molar-refractivity contribution in [2.24, 2.45) is 0 Å². The number of halogens is 1. The molecule has 1 aromatic heterocycles. The minimum Gasteiger partial charge on any atom is -0.246 e. The number of aromatic nitrogens is 1. The lowest BCUT2D eigenvalue weighted by atomic mass is 10.2. The summed E-state index contributed by atoms with van der Waals surface area (Å²) < 4.78 is 0.901. The first-order chi connectivity index (χ1) is 4.83. The molecule has 0 aromatic carbocycles. The van der Waals surface area contributed by atoms with Crippen LogP contribution in [0, 0.1) is 6.92 Å². The fourth-order valence-corrected chi connectivity index (χ4v) is 1.15. The number of pyridine rings is 1. The van der Waals surface area contributed by atoms with Crippen molar-refractivity contribution in [3.8, 4) is 0 Å². The Hall–Kier alpha value is -0.370. The summed E-state index contributed by atoms with van der Waals surface area (Å²) in [6.07, 6.45) is 1.86. The Balaban J connectivity index is 2.75. The molecule has 0 saturated heterocycles. The van der Waals surface area contributed by atoms with Crippen LogP contribution in [0.3, 0.4) is 0 Å². The van der Waals surface area contributed by atoms with Crippen LogP contribution >= 0.6 is 15.9 Å². The van der Waals surface area contributed by atoms with E-state index in [1.165, 1.54) is 0 Å². The fourth-order valence-electron chi connectivity index (χ4n) is 0.771. The zero-order chi connectivity index (χ0) is 7.40. The van der Waals surface area contributed by atoms with Crippen molar-refractivity contribution in [1.82, 2.24) is 4.98 Å². The summed E-state index contributed by atoms with van der Waals surface area (Å²) in [6, 6.07) is 5.92. The zero-order valence-corrected chi connectivity index (χ0v) is 7.26. The summed E-state index contributed by atoms with van der Waals surface area (Å²) >= 11 is 3.30. The second-order valence-electron chi connectivity index (χ2n) is 2.06. The van der Waals surface area contributed by atoms with Gasteiger partial charge in [-0.25, -0.2) is 4.98 Å². The Labute approximate surface area is 69.6 Å². The molecule has 1 radical (unpaired) electrons. The first-order valence-electron chi connectivity index (χ1n) is 3.23. The first-order valence-corrected chi connectivity index (χ1v) is 4.03. The van der Waals surface area contributed by atoms with Gasteiger partial charge < -0.3 is 0 Å². The maximum atomic E-state index is 4.24. The standard InChI is InChI=1S/C8H9BrN/c1-2-4-7-5-3-6-8(9)10-7/h3,5-6H,1-2,4H2. The molecule has 0 unspecified atom stereocenters. The Bertz CT molecular complexity index is 210. The van der Waals surface area contributed by atoms with E-state index in [1.54, 1.807) is 0 Å². The van der Waals surface area contributed by atoms with Gasteiger partial charge >= 0.3 is 0 Å². The molecule has 0 spiro atoms. The number of rotatable bonds is 2. The van der Waals surface area contributed by atoms with Gasteiger partial charge in [0.05, 0.1) is 0 Å². The molecule has 53 valence electrons. The highest BCUT2D eigenvalue weighted by Gasteiger charge is 1.91. The van der Waals surface area contributed by atoms with E-state index < -0.39 is 0 Å². The van der Waals surface area contributed by atoms with E-state index in [-0.39, 0.29) is 0 Å². The molecule has 0 saturated carbocycles. The predicted octanol–water partition coefficient (Wildman–Crippen LogP) is 2.61. The SMILES string of the molecule is [CH2]CCc1cccc(Br)n1. The van der Waals surface area contributed by atoms with Gasteiger partial charge in [0.2, 0.25) is 0 Å². The van der Waals surface area contributed by atoms with Crippen LogP contribution in [0.1, 0.15) is 12.1 Å². The molecule has 0 amide bonds. The van der Waals surface area contributed by atoms with Crippen molar-refractivity contribution in [2.45, 2.75) is 12.8 Å². The van der Waals surface area contributed by atoms with E-state index in [1.807, 2.05) is 18.2 Å². The van der Waals surface area contributed by atoms with Crippen molar-refractivity contribution in [1.29, 1.82) is 0 Å². The normalized spacial score (nSPS) is 9.80. The Morgan fingerprint density at radius 3 is 2.90 bits per heavy atom. The second-order valence-corrected chi connectivity index (χ2v) is 2.87. The summed E-state index contributed by atoms with van der Waals surface area (Å²) in [4.78, 5) is 4.24. The maximum Gasteiger partial charge on any atom is 0.106 e. The molecule has 0 aliphatic rings. The number of aryl methyl sites for hydroxylation is 1. The van der Waals surface area contributed by atoms with Crippen LogP contribution in [-0.2, 0) is 6.42 Å². The lowest BCUT2D eigenvalue weighted by Gasteiger charge is -1.95. The molecule has 0 aliphatic carbocycles. The van der Waals surface area contributed by atoms with Gasteiger partial charge in [-0.15, -0.1) is 0 Å². The molecule has 1 rings (SSSR count). The molecule has 0 N–H and O–H groups in total. The van der Waals surface area contributed by atoms with Crippen molar-refractivity contribution in [3.63, 3.8) is 0 Å². The van der Waals surface area contributed by atoms with E-state index in [0.29, 0.717) is 0 Å². The van der Waals surface area contributed by atoms with Crippen LogP contribution in [0.15, 0.2) is 22.8 Å². The molecule has 0 atom stereocenters. The fraction of sp³-hybridized carbons (Fsp3) is 0.250. The van der Waals surface area contributed by atoms with Gasteiger partial charge in [0.1, 0.15) is 4.60 Å². The van der Waals surface area contributed by atoms with Crippen LogP contribution < -0.4 is 0 Å². The molecule has 10 heavy (non-hydrogen) atoms. The highest BCUT2D eigenvalue weighted by molar-refractivity contribution is 9.10. The molecule has 0 bridgehead atoms.